The fraction of sp³-hybridized carbons (Fsp3) is 0.444. The number of aromatic carboxylic acids is 1. The number of amides is 5. The highest BCUT2D eigenvalue weighted by atomic mass is 32.1. The number of carboxylic acid groups (broad SMARTS) is 2. The van der Waals surface area contributed by atoms with Crippen molar-refractivity contribution in [1.29, 1.82) is 0 Å². The van der Waals surface area contributed by atoms with Crippen LogP contribution < -0.4 is 5.32 Å². The average molecular weight is 468 g/mol. The molecule has 1 unspecified atom stereocenters. The lowest BCUT2D eigenvalue weighted by molar-refractivity contribution is -0.153. The van der Waals surface area contributed by atoms with E-state index in [0.717, 1.165) is 21.1 Å². The minimum atomic E-state index is -1.76. The summed E-state index contributed by atoms with van der Waals surface area (Å²) in [6.07, 6.45) is -0.671. The number of piperazine rings is 1. The highest BCUT2D eigenvalue weighted by molar-refractivity contribution is 7.17. The molecule has 1 aromatic rings. The maximum absolute atomic E-state index is 12.5. The van der Waals surface area contributed by atoms with Crippen molar-refractivity contribution in [3.05, 3.63) is 16.0 Å². The highest BCUT2D eigenvalue weighted by Crippen LogP contribution is 2.38. The molecule has 14 heteroatoms. The molecule has 0 bridgehead atoms. The third kappa shape index (κ3) is 4.55. The van der Waals surface area contributed by atoms with Crippen LogP contribution in [0.1, 0.15) is 20.8 Å². The van der Waals surface area contributed by atoms with E-state index in [2.05, 4.69) is 5.32 Å². The zero-order valence-electron chi connectivity index (χ0n) is 17.1. The van der Waals surface area contributed by atoms with Gasteiger partial charge in [0, 0.05) is 25.4 Å². The van der Waals surface area contributed by atoms with Gasteiger partial charge in [-0.1, -0.05) is 0 Å². The number of thiophene rings is 1. The molecule has 1 atom stereocenters. The molecule has 0 spiro atoms. The van der Waals surface area contributed by atoms with Gasteiger partial charge >= 0.3 is 23.9 Å². The first-order valence-electron chi connectivity index (χ1n) is 9.32. The van der Waals surface area contributed by atoms with Crippen molar-refractivity contribution in [2.45, 2.75) is 19.1 Å². The first-order chi connectivity index (χ1) is 15.0. The molecule has 3 N–H and O–H groups in total. The Kier molecular flexibility index (Phi) is 6.45. The van der Waals surface area contributed by atoms with E-state index in [4.69, 9.17) is 9.84 Å². The van der Waals surface area contributed by atoms with Crippen molar-refractivity contribution >= 4 is 52.0 Å². The predicted octanol–water partition coefficient (Wildman–Crippen LogP) is -0.737. The van der Waals surface area contributed by atoms with Crippen molar-refractivity contribution in [3.8, 4) is 0 Å². The van der Waals surface area contributed by atoms with E-state index in [0.29, 0.717) is 10.4 Å². The summed E-state index contributed by atoms with van der Waals surface area (Å²) < 4.78 is 5.67. The zero-order chi connectivity index (χ0) is 23.7. The summed E-state index contributed by atoms with van der Waals surface area (Å²) in [6, 6.07) is -0.467. The van der Waals surface area contributed by atoms with Gasteiger partial charge in [-0.05, 0) is 5.56 Å². The SMILES string of the molecule is CN(C)C(=O)N1CC(=O)N(CC2Cc3c(sc(NC(=O)C(=O)O)c3C(=O)O)CO2)C(=O)C1. The summed E-state index contributed by atoms with van der Waals surface area (Å²) in [6.45, 7) is -0.710. The molecule has 2 aliphatic heterocycles. The quantitative estimate of drug-likeness (QED) is 0.380. The second-order valence-corrected chi connectivity index (χ2v) is 8.45. The fourth-order valence-electron chi connectivity index (χ4n) is 3.43. The fourth-order valence-corrected chi connectivity index (χ4v) is 4.57. The second kappa shape index (κ2) is 8.92. The standard InChI is InChI=1S/C18H20N4O9S/c1-20(2)18(30)21-5-11(23)22(12(24)6-21)4-8-3-9-10(7-31-8)32-15(13(9)16(26)27)19-14(25)17(28)29/h8H,3-7H2,1-2H3,(H,19,25)(H,26,27)(H,28,29). The Morgan fingerprint density at radius 3 is 2.31 bits per heavy atom. The van der Waals surface area contributed by atoms with Crippen LogP contribution >= 0.6 is 11.3 Å². The lowest BCUT2D eigenvalue weighted by Crippen LogP contribution is -2.58. The minimum absolute atomic E-state index is 0.0324. The van der Waals surface area contributed by atoms with Gasteiger partial charge in [0.25, 0.3) is 0 Å². The third-order valence-electron chi connectivity index (χ3n) is 4.90. The number of urea groups is 1. The van der Waals surface area contributed by atoms with E-state index in [-0.39, 0.29) is 43.2 Å². The van der Waals surface area contributed by atoms with Crippen LogP contribution in [0.3, 0.4) is 0 Å². The molecule has 0 radical (unpaired) electrons. The van der Waals surface area contributed by atoms with E-state index in [9.17, 15) is 33.9 Å². The molecule has 3 rings (SSSR count). The number of carboxylic acids is 2. The number of ether oxygens (including phenoxy) is 1. The number of carbonyl (C=O) groups is 6. The molecule has 32 heavy (non-hydrogen) atoms. The van der Waals surface area contributed by atoms with Gasteiger partial charge in [0.05, 0.1) is 24.8 Å². The lowest BCUT2D eigenvalue weighted by atomic mass is 10.00. The van der Waals surface area contributed by atoms with E-state index in [1.807, 2.05) is 0 Å². The van der Waals surface area contributed by atoms with Crippen LogP contribution in [0, 0.1) is 0 Å². The lowest BCUT2D eigenvalue weighted by Gasteiger charge is -2.36. The van der Waals surface area contributed by atoms with Crippen LogP contribution in [0.4, 0.5) is 9.80 Å². The number of nitrogens with one attached hydrogen (secondary N) is 1. The van der Waals surface area contributed by atoms with Gasteiger partial charge in [-0.25, -0.2) is 14.4 Å². The molecule has 1 fully saturated rings. The summed E-state index contributed by atoms with van der Waals surface area (Å²) in [5.74, 6) is -5.64. The van der Waals surface area contributed by atoms with Crippen LogP contribution in [0.2, 0.25) is 0 Å². The van der Waals surface area contributed by atoms with Gasteiger partial charge in [-0.15, -0.1) is 11.3 Å². The van der Waals surface area contributed by atoms with E-state index in [1.54, 1.807) is 0 Å². The number of hydrogen-bond donors (Lipinski definition) is 3. The van der Waals surface area contributed by atoms with Crippen LogP contribution in [-0.2, 0) is 36.9 Å². The molecule has 0 aromatic carbocycles. The van der Waals surface area contributed by atoms with Crippen LogP contribution in [0.15, 0.2) is 0 Å². The minimum Gasteiger partial charge on any atom is -0.478 e. The summed E-state index contributed by atoms with van der Waals surface area (Å²) in [5, 5.41) is 20.3. The molecule has 0 saturated carbocycles. The summed E-state index contributed by atoms with van der Waals surface area (Å²) in [7, 11) is 3.01. The Morgan fingerprint density at radius 1 is 1.16 bits per heavy atom. The van der Waals surface area contributed by atoms with Crippen LogP contribution in [0.5, 0.6) is 0 Å². The van der Waals surface area contributed by atoms with Crippen molar-refractivity contribution in [2.24, 2.45) is 0 Å². The first-order valence-corrected chi connectivity index (χ1v) is 10.1. The molecule has 1 saturated heterocycles. The number of rotatable bonds is 4. The van der Waals surface area contributed by atoms with Gasteiger partial charge in [-0.3, -0.25) is 19.3 Å². The Labute approximate surface area is 185 Å². The van der Waals surface area contributed by atoms with Gasteiger partial charge in [0.1, 0.15) is 18.1 Å². The molecular formula is C18H20N4O9S. The van der Waals surface area contributed by atoms with E-state index >= 15 is 0 Å². The summed E-state index contributed by atoms with van der Waals surface area (Å²) in [4.78, 5) is 74.9. The smallest absolute Gasteiger partial charge is 0.394 e. The molecule has 1 aromatic heterocycles. The molecular weight excluding hydrogens is 448 g/mol. The van der Waals surface area contributed by atoms with Crippen LogP contribution in [0.25, 0.3) is 0 Å². The van der Waals surface area contributed by atoms with E-state index in [1.165, 1.54) is 19.0 Å². The normalized spacial score (nSPS) is 18.2. The Bertz CT molecular complexity index is 1000. The van der Waals surface area contributed by atoms with Gasteiger partial charge in [-0.2, -0.15) is 0 Å². The van der Waals surface area contributed by atoms with Crippen molar-refractivity contribution in [2.75, 3.05) is 39.0 Å². The van der Waals surface area contributed by atoms with Gasteiger partial charge in [0.15, 0.2) is 0 Å². The Hall–Kier alpha value is -3.52. The third-order valence-corrected chi connectivity index (χ3v) is 6.02. The van der Waals surface area contributed by atoms with Crippen molar-refractivity contribution < 1.29 is 43.7 Å². The maximum Gasteiger partial charge on any atom is 0.394 e. The van der Waals surface area contributed by atoms with Gasteiger partial charge < -0.3 is 30.1 Å². The number of anilines is 1. The first kappa shape index (κ1) is 23.1. The summed E-state index contributed by atoms with van der Waals surface area (Å²) in [5.41, 5.74) is 0.104. The zero-order valence-corrected chi connectivity index (χ0v) is 17.9. The van der Waals surface area contributed by atoms with Crippen molar-refractivity contribution in [1.82, 2.24) is 14.7 Å². The number of aliphatic carboxylic acids is 1. The number of hydrogen-bond acceptors (Lipinski definition) is 8. The molecule has 5 amide bonds. The molecule has 2 aliphatic rings. The number of fused-ring (bicyclic) bond motifs is 1. The monoisotopic (exact) mass is 468 g/mol. The Morgan fingerprint density at radius 2 is 1.78 bits per heavy atom. The molecule has 3 heterocycles. The highest BCUT2D eigenvalue weighted by Gasteiger charge is 2.37. The van der Waals surface area contributed by atoms with Gasteiger partial charge in [0.2, 0.25) is 11.8 Å². The maximum atomic E-state index is 12.5. The average Bonchev–Trinajstić information content (AvgIpc) is 3.06. The Balaban J connectivity index is 1.75. The van der Waals surface area contributed by atoms with E-state index < -0.39 is 41.8 Å². The second-order valence-electron chi connectivity index (χ2n) is 7.34. The van der Waals surface area contributed by atoms with Crippen LogP contribution in [-0.4, -0.2) is 100 Å². The number of imide groups is 1. The number of nitrogens with zero attached hydrogens (tertiary/aromatic N) is 3. The molecule has 13 nitrogen and oxygen atoms in total. The number of carbonyl (C=O) groups excluding carboxylic acids is 4. The topological polar surface area (TPSA) is 174 Å². The molecule has 172 valence electrons. The largest absolute Gasteiger partial charge is 0.478 e. The predicted molar refractivity (Wildman–Crippen MR) is 107 cm³/mol. The molecule has 0 aliphatic carbocycles. The summed E-state index contributed by atoms with van der Waals surface area (Å²) >= 11 is 0.894. The van der Waals surface area contributed by atoms with Crippen molar-refractivity contribution in [3.63, 3.8) is 0 Å².